The molecule has 1 saturated carbocycles. The first kappa shape index (κ1) is 20.4. The fourth-order valence-electron chi connectivity index (χ4n) is 3.46. The lowest BCUT2D eigenvalue weighted by molar-refractivity contribution is -0.129. The van der Waals surface area contributed by atoms with Crippen LogP contribution >= 0.6 is 11.8 Å². The van der Waals surface area contributed by atoms with Crippen molar-refractivity contribution in [2.45, 2.75) is 42.8 Å². The van der Waals surface area contributed by atoms with Crippen LogP contribution < -0.4 is 0 Å². The summed E-state index contributed by atoms with van der Waals surface area (Å²) in [6.07, 6.45) is 3.99. The third kappa shape index (κ3) is 4.34. The Morgan fingerprint density at radius 1 is 1.17 bits per heavy atom. The molecule has 0 N–H and O–H groups in total. The monoisotopic (exact) mass is 435 g/mol. The molecule has 1 aromatic heterocycles. The number of nitrogens with zero attached hydrogens (tertiary/aromatic N) is 5. The Morgan fingerprint density at radius 2 is 1.90 bits per heavy atom. The number of thioether (sulfide) groups is 1. The maximum atomic E-state index is 13.0. The highest BCUT2D eigenvalue weighted by Crippen LogP contribution is 2.37. The summed E-state index contributed by atoms with van der Waals surface area (Å²) in [5.41, 5.74) is 1.66. The molecule has 0 radical (unpaired) electrons. The van der Waals surface area contributed by atoms with E-state index >= 15 is 0 Å². The third-order valence-electron chi connectivity index (χ3n) is 5.36. The van der Waals surface area contributed by atoms with Crippen molar-refractivity contribution in [1.82, 2.24) is 24.0 Å². The van der Waals surface area contributed by atoms with Crippen LogP contribution in [0.25, 0.3) is 0 Å². The van der Waals surface area contributed by atoms with Gasteiger partial charge in [-0.15, -0.1) is 10.2 Å². The van der Waals surface area contributed by atoms with Gasteiger partial charge in [0.15, 0.2) is 5.16 Å². The molecular weight excluding hydrogens is 410 g/mol. The van der Waals surface area contributed by atoms with E-state index in [4.69, 9.17) is 0 Å². The first-order valence-electron chi connectivity index (χ1n) is 9.74. The molecule has 0 spiro atoms. The van der Waals surface area contributed by atoms with Crippen molar-refractivity contribution >= 4 is 27.7 Å². The number of amides is 1. The molecule has 2 heterocycles. The zero-order valence-corrected chi connectivity index (χ0v) is 18.2. The summed E-state index contributed by atoms with van der Waals surface area (Å²) in [6, 6.07) is 5.93. The van der Waals surface area contributed by atoms with Gasteiger partial charge in [0.05, 0.1) is 10.6 Å². The number of carbonyl (C=O) groups excluding carboxylic acids is 1. The second-order valence-corrected chi connectivity index (χ2v) is 10.4. The van der Waals surface area contributed by atoms with E-state index in [0.717, 1.165) is 29.1 Å². The van der Waals surface area contributed by atoms with Gasteiger partial charge in [-0.2, -0.15) is 4.31 Å². The van der Waals surface area contributed by atoms with Gasteiger partial charge in [-0.3, -0.25) is 4.79 Å². The highest BCUT2D eigenvalue weighted by Gasteiger charge is 2.31. The van der Waals surface area contributed by atoms with Crippen LogP contribution in [0, 0.1) is 13.8 Å². The summed E-state index contributed by atoms with van der Waals surface area (Å²) in [7, 11) is -3.55. The Hall–Kier alpha value is -1.91. The molecule has 1 amide bonds. The van der Waals surface area contributed by atoms with Crippen LogP contribution in [0.1, 0.15) is 30.0 Å². The van der Waals surface area contributed by atoms with Crippen molar-refractivity contribution in [3.05, 3.63) is 35.7 Å². The summed E-state index contributed by atoms with van der Waals surface area (Å²) in [5.74, 6) is 0.291. The Balaban J connectivity index is 1.34. The zero-order valence-electron chi connectivity index (χ0n) is 16.6. The van der Waals surface area contributed by atoms with Crippen LogP contribution in [0.4, 0.5) is 0 Å². The fraction of sp³-hybridized carbons (Fsp3) is 0.526. The van der Waals surface area contributed by atoms with Gasteiger partial charge in [0.25, 0.3) is 0 Å². The first-order valence-corrected chi connectivity index (χ1v) is 12.2. The minimum atomic E-state index is -3.55. The summed E-state index contributed by atoms with van der Waals surface area (Å²) in [4.78, 5) is 14.7. The standard InChI is InChI=1S/C19H25N5O3S2/c1-14-3-4-15(2)17(11-14)29(26,27)23-9-7-22(8-10-23)18(25)12-28-19-21-20-13-24(19)16-5-6-16/h3-4,11,13,16H,5-10,12H2,1-2H3. The van der Waals surface area contributed by atoms with Crippen molar-refractivity contribution in [3.63, 3.8) is 0 Å². The second kappa shape index (κ2) is 8.08. The van der Waals surface area contributed by atoms with E-state index in [0.29, 0.717) is 37.1 Å². The normalized spacial score (nSPS) is 18.2. The van der Waals surface area contributed by atoms with Gasteiger partial charge in [-0.05, 0) is 43.9 Å². The van der Waals surface area contributed by atoms with E-state index in [1.807, 2.05) is 30.5 Å². The molecule has 0 unspecified atom stereocenters. The van der Waals surface area contributed by atoms with Crippen molar-refractivity contribution in [2.75, 3.05) is 31.9 Å². The highest BCUT2D eigenvalue weighted by molar-refractivity contribution is 7.99. The smallest absolute Gasteiger partial charge is 0.243 e. The number of sulfonamides is 1. The van der Waals surface area contributed by atoms with Gasteiger partial charge in [-0.1, -0.05) is 23.9 Å². The van der Waals surface area contributed by atoms with Gasteiger partial charge in [-0.25, -0.2) is 8.42 Å². The molecule has 29 heavy (non-hydrogen) atoms. The number of aromatic nitrogens is 3. The second-order valence-electron chi connectivity index (χ2n) is 7.59. The third-order valence-corrected chi connectivity index (χ3v) is 8.34. The van der Waals surface area contributed by atoms with Crippen LogP contribution in [0.2, 0.25) is 0 Å². The van der Waals surface area contributed by atoms with E-state index in [-0.39, 0.29) is 11.7 Å². The SMILES string of the molecule is Cc1ccc(C)c(S(=O)(=O)N2CCN(C(=O)CSc3nncn3C3CC3)CC2)c1. The van der Waals surface area contributed by atoms with Gasteiger partial charge < -0.3 is 9.47 Å². The molecule has 156 valence electrons. The number of benzene rings is 1. The highest BCUT2D eigenvalue weighted by atomic mass is 32.2. The molecule has 2 aromatic rings. The summed E-state index contributed by atoms with van der Waals surface area (Å²) < 4.78 is 29.6. The van der Waals surface area contributed by atoms with Crippen molar-refractivity contribution in [2.24, 2.45) is 0 Å². The van der Waals surface area contributed by atoms with Gasteiger partial charge >= 0.3 is 0 Å². The Kier molecular flexibility index (Phi) is 5.67. The number of hydrogen-bond acceptors (Lipinski definition) is 6. The number of carbonyl (C=O) groups is 1. The number of rotatable bonds is 6. The average Bonchev–Trinajstić information content (AvgIpc) is 3.45. The molecule has 2 fully saturated rings. The van der Waals surface area contributed by atoms with Gasteiger partial charge in [0.2, 0.25) is 15.9 Å². The quantitative estimate of drug-likeness (QED) is 0.644. The van der Waals surface area contributed by atoms with Crippen LogP contribution in [0.5, 0.6) is 0 Å². The van der Waals surface area contributed by atoms with Crippen LogP contribution in [0.3, 0.4) is 0 Å². The summed E-state index contributed by atoms with van der Waals surface area (Å²) in [6.45, 7) is 5.12. The molecule has 2 aliphatic rings. The maximum Gasteiger partial charge on any atom is 0.243 e. The molecule has 1 saturated heterocycles. The fourth-order valence-corrected chi connectivity index (χ4v) is 6.08. The van der Waals surface area contributed by atoms with Crippen LogP contribution in [0.15, 0.2) is 34.6 Å². The largest absolute Gasteiger partial charge is 0.339 e. The van der Waals surface area contributed by atoms with E-state index < -0.39 is 10.0 Å². The number of piperazine rings is 1. The summed E-state index contributed by atoms with van der Waals surface area (Å²) >= 11 is 1.40. The number of hydrogen-bond donors (Lipinski definition) is 0. The minimum Gasteiger partial charge on any atom is -0.339 e. The Morgan fingerprint density at radius 3 is 2.59 bits per heavy atom. The van der Waals surface area contributed by atoms with E-state index in [9.17, 15) is 13.2 Å². The molecule has 1 aromatic carbocycles. The molecule has 4 rings (SSSR count). The predicted molar refractivity (Wildman–Crippen MR) is 110 cm³/mol. The van der Waals surface area contributed by atoms with Gasteiger partial charge in [0.1, 0.15) is 6.33 Å². The van der Waals surface area contributed by atoms with E-state index in [2.05, 4.69) is 10.2 Å². The molecule has 0 atom stereocenters. The lowest BCUT2D eigenvalue weighted by Crippen LogP contribution is -2.51. The molecule has 0 bridgehead atoms. The van der Waals surface area contributed by atoms with Gasteiger partial charge in [0, 0.05) is 32.2 Å². The van der Waals surface area contributed by atoms with E-state index in [1.54, 1.807) is 17.3 Å². The molecule has 1 aliphatic carbocycles. The average molecular weight is 436 g/mol. The molecule has 8 nitrogen and oxygen atoms in total. The summed E-state index contributed by atoms with van der Waals surface area (Å²) in [5, 5.41) is 8.83. The molecule has 1 aliphatic heterocycles. The van der Waals surface area contributed by atoms with Crippen molar-refractivity contribution in [1.29, 1.82) is 0 Å². The van der Waals surface area contributed by atoms with Crippen molar-refractivity contribution < 1.29 is 13.2 Å². The number of aryl methyl sites for hydroxylation is 2. The predicted octanol–water partition coefficient (Wildman–Crippen LogP) is 1.86. The van der Waals surface area contributed by atoms with Crippen LogP contribution in [-0.2, 0) is 14.8 Å². The van der Waals surface area contributed by atoms with Crippen LogP contribution in [-0.4, -0.2) is 70.2 Å². The Bertz CT molecular complexity index is 1010. The molecule has 10 heteroatoms. The van der Waals surface area contributed by atoms with E-state index in [1.165, 1.54) is 16.1 Å². The topological polar surface area (TPSA) is 88.4 Å². The lowest BCUT2D eigenvalue weighted by atomic mass is 10.2. The zero-order chi connectivity index (χ0) is 20.6. The lowest BCUT2D eigenvalue weighted by Gasteiger charge is -2.34. The van der Waals surface area contributed by atoms with Crippen molar-refractivity contribution in [3.8, 4) is 0 Å². The minimum absolute atomic E-state index is 0.00383. The Labute approximate surface area is 175 Å². The molecular formula is C19H25N5O3S2. The first-order chi connectivity index (χ1) is 13.9. The maximum absolute atomic E-state index is 13.0.